The average Bonchev–Trinajstić information content (AvgIpc) is 2.46. The maximum atomic E-state index is 12.8. The van der Waals surface area contributed by atoms with Crippen molar-refractivity contribution in [3.63, 3.8) is 0 Å². The Balaban J connectivity index is 1.87. The summed E-state index contributed by atoms with van der Waals surface area (Å²) in [6.45, 7) is 4.74. The Kier molecular flexibility index (Phi) is 4.87. The summed E-state index contributed by atoms with van der Waals surface area (Å²) in [4.78, 5) is 16.3. The van der Waals surface area contributed by atoms with Crippen LogP contribution in [0.15, 0.2) is 24.3 Å². The van der Waals surface area contributed by atoms with Crippen LogP contribution in [0.3, 0.4) is 0 Å². The Morgan fingerprint density at radius 1 is 1.21 bits per heavy atom. The zero-order valence-electron chi connectivity index (χ0n) is 11.1. The van der Waals surface area contributed by atoms with Crippen LogP contribution in [0.1, 0.15) is 10.4 Å². The Bertz CT molecular complexity index is 414. The average molecular weight is 266 g/mol. The summed E-state index contributed by atoms with van der Waals surface area (Å²) in [5, 5.41) is 0. The summed E-state index contributed by atoms with van der Waals surface area (Å²) >= 11 is 0. The molecule has 5 heteroatoms. The largest absolute Gasteiger partial charge is 0.383 e. The van der Waals surface area contributed by atoms with Crippen LogP contribution in [-0.2, 0) is 4.74 Å². The van der Waals surface area contributed by atoms with E-state index in [0.717, 1.165) is 19.6 Å². The number of amides is 1. The quantitative estimate of drug-likeness (QED) is 0.821. The lowest BCUT2D eigenvalue weighted by atomic mass is 10.2. The molecular weight excluding hydrogens is 247 g/mol. The minimum Gasteiger partial charge on any atom is -0.383 e. The van der Waals surface area contributed by atoms with Gasteiger partial charge >= 0.3 is 0 Å². The van der Waals surface area contributed by atoms with E-state index in [4.69, 9.17) is 4.74 Å². The number of rotatable bonds is 4. The highest BCUT2D eigenvalue weighted by Gasteiger charge is 2.21. The number of halogens is 1. The van der Waals surface area contributed by atoms with E-state index in [1.165, 1.54) is 24.3 Å². The Morgan fingerprint density at radius 2 is 1.84 bits per heavy atom. The topological polar surface area (TPSA) is 32.8 Å². The van der Waals surface area contributed by atoms with Gasteiger partial charge in [-0.15, -0.1) is 0 Å². The van der Waals surface area contributed by atoms with Crippen LogP contribution in [0.4, 0.5) is 4.39 Å². The number of carbonyl (C=O) groups excluding carboxylic acids is 1. The Labute approximate surface area is 112 Å². The number of benzene rings is 1. The fourth-order valence-corrected chi connectivity index (χ4v) is 2.17. The molecule has 2 rings (SSSR count). The Morgan fingerprint density at radius 3 is 2.42 bits per heavy atom. The predicted molar refractivity (Wildman–Crippen MR) is 70.6 cm³/mol. The van der Waals surface area contributed by atoms with Crippen LogP contribution < -0.4 is 0 Å². The SMILES string of the molecule is COCCN1CCN(C(=O)c2ccc(F)cc2)CC1. The third-order valence-corrected chi connectivity index (χ3v) is 3.36. The molecular formula is C14H19FN2O2. The molecule has 1 aromatic rings. The molecule has 19 heavy (non-hydrogen) atoms. The molecule has 1 amide bonds. The molecule has 0 unspecified atom stereocenters. The first-order valence-electron chi connectivity index (χ1n) is 6.47. The van der Waals surface area contributed by atoms with Gasteiger partial charge in [-0.3, -0.25) is 9.69 Å². The molecule has 0 aliphatic carbocycles. The van der Waals surface area contributed by atoms with Gasteiger partial charge in [0.05, 0.1) is 6.61 Å². The molecule has 1 aliphatic rings. The molecule has 0 radical (unpaired) electrons. The number of hydrogen-bond donors (Lipinski definition) is 0. The first kappa shape index (κ1) is 14.0. The second kappa shape index (κ2) is 6.63. The number of methoxy groups -OCH3 is 1. The maximum absolute atomic E-state index is 12.8. The van der Waals surface area contributed by atoms with Crippen molar-refractivity contribution >= 4 is 5.91 Å². The highest BCUT2D eigenvalue weighted by atomic mass is 19.1. The number of piperazine rings is 1. The highest BCUT2D eigenvalue weighted by Crippen LogP contribution is 2.09. The van der Waals surface area contributed by atoms with Crippen molar-refractivity contribution in [2.45, 2.75) is 0 Å². The summed E-state index contributed by atoms with van der Waals surface area (Å²) in [5.74, 6) is -0.340. The van der Waals surface area contributed by atoms with Crippen LogP contribution in [0.25, 0.3) is 0 Å². The van der Waals surface area contributed by atoms with Crippen molar-refractivity contribution in [1.82, 2.24) is 9.80 Å². The first-order valence-corrected chi connectivity index (χ1v) is 6.47. The van der Waals surface area contributed by atoms with Gasteiger partial charge in [0, 0.05) is 45.4 Å². The van der Waals surface area contributed by atoms with Crippen molar-refractivity contribution in [2.24, 2.45) is 0 Å². The van der Waals surface area contributed by atoms with Crippen molar-refractivity contribution in [3.8, 4) is 0 Å². The summed E-state index contributed by atoms with van der Waals surface area (Å²) in [6.07, 6.45) is 0. The highest BCUT2D eigenvalue weighted by molar-refractivity contribution is 5.94. The summed E-state index contributed by atoms with van der Waals surface area (Å²) in [7, 11) is 1.69. The van der Waals surface area contributed by atoms with Gasteiger partial charge in [-0.1, -0.05) is 0 Å². The van der Waals surface area contributed by atoms with Crippen LogP contribution in [-0.4, -0.2) is 62.1 Å². The predicted octanol–water partition coefficient (Wildman–Crippen LogP) is 1.23. The van der Waals surface area contributed by atoms with Crippen molar-refractivity contribution in [3.05, 3.63) is 35.6 Å². The van der Waals surface area contributed by atoms with Crippen molar-refractivity contribution < 1.29 is 13.9 Å². The van der Waals surface area contributed by atoms with E-state index < -0.39 is 0 Å². The fourth-order valence-electron chi connectivity index (χ4n) is 2.17. The van der Waals surface area contributed by atoms with E-state index in [9.17, 15) is 9.18 Å². The van der Waals surface area contributed by atoms with E-state index >= 15 is 0 Å². The maximum Gasteiger partial charge on any atom is 0.253 e. The van der Waals surface area contributed by atoms with Gasteiger partial charge in [-0.25, -0.2) is 4.39 Å². The molecule has 1 heterocycles. The molecule has 0 aromatic heterocycles. The lowest BCUT2D eigenvalue weighted by Crippen LogP contribution is -2.49. The van der Waals surface area contributed by atoms with Gasteiger partial charge in [-0.2, -0.15) is 0 Å². The molecule has 0 saturated carbocycles. The van der Waals surface area contributed by atoms with E-state index in [2.05, 4.69) is 4.90 Å². The molecule has 0 atom stereocenters. The third kappa shape index (κ3) is 3.75. The standard InChI is InChI=1S/C14H19FN2O2/c1-19-11-10-16-6-8-17(9-7-16)14(18)12-2-4-13(15)5-3-12/h2-5H,6-11H2,1H3. The summed E-state index contributed by atoms with van der Waals surface area (Å²) in [6, 6.07) is 5.72. The molecule has 1 aromatic carbocycles. The summed E-state index contributed by atoms with van der Waals surface area (Å²) in [5.41, 5.74) is 0.548. The van der Waals surface area contributed by atoms with Gasteiger partial charge in [-0.05, 0) is 24.3 Å². The van der Waals surface area contributed by atoms with Gasteiger partial charge in [0.2, 0.25) is 0 Å². The zero-order valence-corrected chi connectivity index (χ0v) is 11.1. The normalized spacial score (nSPS) is 16.6. The lowest BCUT2D eigenvalue weighted by Gasteiger charge is -2.34. The Hall–Kier alpha value is -1.46. The fraction of sp³-hybridized carbons (Fsp3) is 0.500. The molecule has 0 spiro atoms. The molecule has 1 saturated heterocycles. The molecule has 0 bridgehead atoms. The minimum absolute atomic E-state index is 0.0219. The molecule has 0 N–H and O–H groups in total. The number of ether oxygens (including phenoxy) is 1. The molecule has 1 aliphatic heterocycles. The monoisotopic (exact) mass is 266 g/mol. The molecule has 4 nitrogen and oxygen atoms in total. The van der Waals surface area contributed by atoms with Crippen LogP contribution in [0.2, 0.25) is 0 Å². The molecule has 104 valence electrons. The molecule has 1 fully saturated rings. The van der Waals surface area contributed by atoms with Crippen molar-refractivity contribution in [2.75, 3.05) is 46.4 Å². The van der Waals surface area contributed by atoms with Gasteiger partial charge in [0.25, 0.3) is 5.91 Å². The van der Waals surface area contributed by atoms with Gasteiger partial charge < -0.3 is 9.64 Å². The number of nitrogens with zero attached hydrogens (tertiary/aromatic N) is 2. The van der Waals surface area contributed by atoms with Crippen LogP contribution in [0, 0.1) is 5.82 Å². The minimum atomic E-state index is -0.319. The first-order chi connectivity index (χ1) is 9.20. The van der Waals surface area contributed by atoms with Gasteiger partial charge in [0.15, 0.2) is 0 Å². The van der Waals surface area contributed by atoms with Crippen LogP contribution >= 0.6 is 0 Å². The number of hydrogen-bond acceptors (Lipinski definition) is 3. The van der Waals surface area contributed by atoms with Gasteiger partial charge in [0.1, 0.15) is 5.82 Å². The summed E-state index contributed by atoms with van der Waals surface area (Å²) < 4.78 is 17.9. The van der Waals surface area contributed by atoms with E-state index in [1.807, 2.05) is 4.90 Å². The smallest absolute Gasteiger partial charge is 0.253 e. The van der Waals surface area contributed by atoms with Crippen molar-refractivity contribution in [1.29, 1.82) is 0 Å². The zero-order chi connectivity index (χ0) is 13.7. The second-order valence-electron chi connectivity index (χ2n) is 4.63. The van der Waals surface area contributed by atoms with E-state index in [0.29, 0.717) is 25.3 Å². The second-order valence-corrected chi connectivity index (χ2v) is 4.63. The van der Waals surface area contributed by atoms with Crippen LogP contribution in [0.5, 0.6) is 0 Å². The third-order valence-electron chi connectivity index (χ3n) is 3.36. The lowest BCUT2D eigenvalue weighted by molar-refractivity contribution is 0.0594. The number of carbonyl (C=O) groups is 1. The van der Waals surface area contributed by atoms with E-state index in [-0.39, 0.29) is 11.7 Å². The van der Waals surface area contributed by atoms with E-state index in [1.54, 1.807) is 7.11 Å².